The van der Waals surface area contributed by atoms with Gasteiger partial charge in [-0.3, -0.25) is 0 Å². The molecule has 1 heterocycles. The molecule has 0 aliphatic rings. The fourth-order valence-electron chi connectivity index (χ4n) is 2.40. The summed E-state index contributed by atoms with van der Waals surface area (Å²) in [6.07, 6.45) is 2.15. The molecule has 1 aromatic heterocycles. The van der Waals surface area contributed by atoms with Gasteiger partial charge in [-0.15, -0.1) is 0 Å². The molecule has 0 aliphatic heterocycles. The van der Waals surface area contributed by atoms with Crippen molar-refractivity contribution in [3.63, 3.8) is 0 Å². The molecule has 0 spiro atoms. The van der Waals surface area contributed by atoms with Crippen LogP contribution < -0.4 is 4.84 Å². The number of para-hydroxylation sites is 1. The van der Waals surface area contributed by atoms with Crippen molar-refractivity contribution in [2.24, 2.45) is 0 Å². The van der Waals surface area contributed by atoms with Gasteiger partial charge in [0.2, 0.25) is 0 Å². The lowest BCUT2D eigenvalue weighted by Crippen LogP contribution is -2.12. The van der Waals surface area contributed by atoms with E-state index in [1.165, 1.54) is 5.39 Å². The normalized spacial score (nSPS) is 11.3. The average molecular weight is 353 g/mol. The molecule has 0 N–H and O–H groups in total. The van der Waals surface area contributed by atoms with E-state index in [1.807, 2.05) is 35.1 Å². The van der Waals surface area contributed by atoms with Crippen LogP contribution in [0.25, 0.3) is 21.8 Å². The van der Waals surface area contributed by atoms with Gasteiger partial charge in [0.15, 0.2) is 0 Å². The first kappa shape index (κ1) is 13.8. The van der Waals surface area contributed by atoms with Crippen LogP contribution in [-0.4, -0.2) is 16.7 Å². The summed E-state index contributed by atoms with van der Waals surface area (Å²) in [5, 5.41) is 4.07. The minimum absolute atomic E-state index is 0.710. The van der Waals surface area contributed by atoms with E-state index < -0.39 is 0 Å². The summed E-state index contributed by atoms with van der Waals surface area (Å²) in [5.41, 5.74) is 2.15. The molecule has 0 unspecified atom stereocenters. The Bertz CT molecular complexity index is 738. The second kappa shape index (κ2) is 6.06. The molecule has 104 valence electrons. The highest BCUT2D eigenvalue weighted by atomic mass is 79.9. The number of hydrogen-bond donors (Lipinski definition) is 0. The Morgan fingerprint density at radius 2 is 1.80 bits per heavy atom. The number of halogens is 2. The number of rotatable bonds is 5. The lowest BCUT2D eigenvalue weighted by atomic mass is 10.2. The van der Waals surface area contributed by atoms with Crippen LogP contribution in [0.4, 0.5) is 0 Å². The van der Waals surface area contributed by atoms with Crippen molar-refractivity contribution in [3.05, 3.63) is 47.5 Å². The van der Waals surface area contributed by atoms with Crippen LogP contribution in [0, 0.1) is 0 Å². The van der Waals surface area contributed by atoms with E-state index in [1.54, 1.807) is 0 Å². The van der Waals surface area contributed by atoms with Gasteiger partial charge in [0.1, 0.15) is 6.61 Å². The highest BCUT2D eigenvalue weighted by molar-refractivity contribution is 9.09. The van der Waals surface area contributed by atoms with Crippen molar-refractivity contribution < 1.29 is 4.84 Å². The van der Waals surface area contributed by atoms with Gasteiger partial charge in [-0.25, -0.2) is 0 Å². The Morgan fingerprint density at radius 3 is 2.65 bits per heavy atom. The highest BCUT2D eigenvalue weighted by Crippen LogP contribution is 2.30. The van der Waals surface area contributed by atoms with Gasteiger partial charge in [0.25, 0.3) is 0 Å². The zero-order chi connectivity index (χ0) is 13.9. The molecule has 4 heteroatoms. The van der Waals surface area contributed by atoms with Crippen LogP contribution in [0.2, 0.25) is 5.02 Å². The lowest BCUT2D eigenvalue weighted by Gasteiger charge is -2.09. The maximum atomic E-state index is 6.12. The molecule has 2 aromatic carbocycles. The standard InChI is InChI=1S/C16H15BrClNO/c17-9-3-4-10-20-19-15-6-2-1-5-13(15)14-11-12(18)7-8-16(14)19/h1-2,5-8,11H,3-4,9-10H2. The number of aromatic nitrogens is 1. The molecular weight excluding hydrogens is 338 g/mol. The Hall–Kier alpha value is -1.19. The average Bonchev–Trinajstić information content (AvgIpc) is 2.78. The van der Waals surface area contributed by atoms with Crippen LogP contribution in [-0.2, 0) is 0 Å². The van der Waals surface area contributed by atoms with E-state index in [-0.39, 0.29) is 0 Å². The third-order valence-corrected chi connectivity index (χ3v) is 4.13. The van der Waals surface area contributed by atoms with Gasteiger partial charge in [-0.2, -0.15) is 4.73 Å². The molecule has 0 saturated heterocycles. The van der Waals surface area contributed by atoms with Gasteiger partial charge in [0, 0.05) is 21.1 Å². The van der Waals surface area contributed by atoms with Crippen molar-refractivity contribution in [1.82, 2.24) is 4.73 Å². The molecule has 0 aliphatic carbocycles. The molecule has 2 nitrogen and oxygen atoms in total. The predicted molar refractivity (Wildman–Crippen MR) is 88.9 cm³/mol. The van der Waals surface area contributed by atoms with Gasteiger partial charge < -0.3 is 4.84 Å². The van der Waals surface area contributed by atoms with Gasteiger partial charge >= 0.3 is 0 Å². The Labute approximate surface area is 131 Å². The third kappa shape index (κ3) is 2.52. The Morgan fingerprint density at radius 1 is 1.00 bits per heavy atom. The van der Waals surface area contributed by atoms with E-state index in [0.717, 1.165) is 39.6 Å². The fourth-order valence-corrected chi connectivity index (χ4v) is 2.97. The van der Waals surface area contributed by atoms with E-state index in [4.69, 9.17) is 16.4 Å². The van der Waals surface area contributed by atoms with E-state index in [2.05, 4.69) is 28.1 Å². The fraction of sp³-hybridized carbons (Fsp3) is 0.250. The van der Waals surface area contributed by atoms with Crippen LogP contribution in [0.15, 0.2) is 42.5 Å². The second-order valence-electron chi connectivity index (χ2n) is 4.70. The van der Waals surface area contributed by atoms with Crippen molar-refractivity contribution in [3.8, 4) is 0 Å². The third-order valence-electron chi connectivity index (χ3n) is 3.34. The number of hydrogen-bond acceptors (Lipinski definition) is 1. The van der Waals surface area contributed by atoms with Gasteiger partial charge in [-0.1, -0.05) is 45.7 Å². The number of unbranched alkanes of at least 4 members (excludes halogenated alkanes) is 1. The molecule has 0 atom stereocenters. The largest absolute Gasteiger partial charge is 0.413 e. The monoisotopic (exact) mass is 351 g/mol. The smallest absolute Gasteiger partial charge is 0.115 e. The van der Waals surface area contributed by atoms with Crippen LogP contribution in [0.1, 0.15) is 12.8 Å². The molecule has 0 saturated carbocycles. The summed E-state index contributed by atoms with van der Waals surface area (Å²) >= 11 is 9.56. The molecule has 0 fully saturated rings. The summed E-state index contributed by atoms with van der Waals surface area (Å²) in [4.78, 5) is 5.97. The van der Waals surface area contributed by atoms with Gasteiger partial charge in [0.05, 0.1) is 11.0 Å². The SMILES string of the molecule is Clc1ccc2c(c1)c1ccccc1n2OCCCCBr. The summed E-state index contributed by atoms with van der Waals surface area (Å²) in [7, 11) is 0. The maximum Gasteiger partial charge on any atom is 0.115 e. The maximum absolute atomic E-state index is 6.12. The molecule has 20 heavy (non-hydrogen) atoms. The quantitative estimate of drug-likeness (QED) is 0.463. The van der Waals surface area contributed by atoms with Crippen LogP contribution >= 0.6 is 27.5 Å². The van der Waals surface area contributed by atoms with Crippen molar-refractivity contribution >= 4 is 49.3 Å². The summed E-state index contributed by atoms with van der Waals surface area (Å²) in [5.74, 6) is 0. The summed E-state index contributed by atoms with van der Waals surface area (Å²) in [6.45, 7) is 0.710. The lowest BCUT2D eigenvalue weighted by molar-refractivity contribution is 0.127. The van der Waals surface area contributed by atoms with Crippen molar-refractivity contribution in [2.75, 3.05) is 11.9 Å². The summed E-state index contributed by atoms with van der Waals surface area (Å²) < 4.78 is 1.93. The number of alkyl halides is 1. The van der Waals surface area contributed by atoms with E-state index in [9.17, 15) is 0 Å². The zero-order valence-corrected chi connectivity index (χ0v) is 13.3. The van der Waals surface area contributed by atoms with Crippen molar-refractivity contribution in [2.45, 2.75) is 12.8 Å². The first-order valence-corrected chi connectivity index (χ1v) is 8.19. The van der Waals surface area contributed by atoms with Crippen LogP contribution in [0.5, 0.6) is 0 Å². The second-order valence-corrected chi connectivity index (χ2v) is 5.93. The molecule has 3 rings (SSSR count). The molecule has 3 aromatic rings. The first-order valence-electron chi connectivity index (χ1n) is 6.69. The predicted octanol–water partition coefficient (Wildman–Crippen LogP) is 5.05. The Kier molecular flexibility index (Phi) is 4.18. The first-order chi connectivity index (χ1) is 9.81. The van der Waals surface area contributed by atoms with E-state index >= 15 is 0 Å². The molecule has 0 bridgehead atoms. The number of fused-ring (bicyclic) bond motifs is 3. The van der Waals surface area contributed by atoms with Crippen LogP contribution in [0.3, 0.4) is 0 Å². The Balaban J connectivity index is 2.07. The van der Waals surface area contributed by atoms with Gasteiger partial charge in [-0.05, 0) is 37.1 Å². The molecular formula is C16H15BrClNO. The minimum atomic E-state index is 0.710. The number of benzene rings is 2. The minimum Gasteiger partial charge on any atom is -0.413 e. The topological polar surface area (TPSA) is 14.2 Å². The number of nitrogens with zero attached hydrogens (tertiary/aromatic N) is 1. The molecule has 0 amide bonds. The summed E-state index contributed by atoms with van der Waals surface area (Å²) in [6, 6.07) is 14.2. The highest BCUT2D eigenvalue weighted by Gasteiger charge is 2.11. The van der Waals surface area contributed by atoms with E-state index in [0.29, 0.717) is 6.61 Å². The zero-order valence-electron chi connectivity index (χ0n) is 11.0. The van der Waals surface area contributed by atoms with Crippen molar-refractivity contribution in [1.29, 1.82) is 0 Å². The molecule has 0 radical (unpaired) electrons.